The van der Waals surface area contributed by atoms with Crippen LogP contribution in [0.3, 0.4) is 0 Å². The first-order valence-electron chi connectivity index (χ1n) is 10.2. The fourth-order valence-electron chi connectivity index (χ4n) is 3.68. The third kappa shape index (κ3) is 4.56. The number of hydrogen-bond acceptors (Lipinski definition) is 6. The molecule has 31 heavy (non-hydrogen) atoms. The van der Waals surface area contributed by atoms with Crippen LogP contribution in [0.4, 0.5) is 0 Å². The molecule has 0 bridgehead atoms. The molecule has 0 saturated carbocycles. The lowest BCUT2D eigenvalue weighted by molar-refractivity contribution is -0.140. The molecule has 0 aliphatic carbocycles. The smallest absolute Gasteiger partial charge is 0.295 e. The molecule has 1 fully saturated rings. The van der Waals surface area contributed by atoms with E-state index in [0.717, 1.165) is 5.56 Å². The van der Waals surface area contributed by atoms with Gasteiger partial charge >= 0.3 is 0 Å². The molecule has 2 N–H and O–H groups in total. The second kappa shape index (κ2) is 9.66. The first kappa shape index (κ1) is 22.4. The van der Waals surface area contributed by atoms with Crippen LogP contribution in [0.1, 0.15) is 36.1 Å². The molecule has 3 rings (SSSR count). The number of aliphatic hydroxyl groups excluding tert-OH is 1. The number of rotatable bonds is 8. The van der Waals surface area contributed by atoms with Crippen LogP contribution >= 0.6 is 0 Å². The van der Waals surface area contributed by atoms with Crippen LogP contribution < -0.4 is 4.74 Å². The van der Waals surface area contributed by atoms with Crippen molar-refractivity contribution in [2.24, 2.45) is 0 Å². The van der Waals surface area contributed by atoms with Gasteiger partial charge in [-0.1, -0.05) is 35.9 Å². The van der Waals surface area contributed by atoms with Crippen molar-refractivity contribution in [2.45, 2.75) is 26.3 Å². The second-order valence-electron chi connectivity index (χ2n) is 7.37. The number of nitrogens with zero attached hydrogens (tertiary/aromatic N) is 1. The first-order valence-corrected chi connectivity index (χ1v) is 10.2. The number of ether oxygens (including phenoxy) is 2. The molecule has 0 aromatic heterocycles. The van der Waals surface area contributed by atoms with Crippen molar-refractivity contribution in [1.29, 1.82) is 0 Å². The number of carbonyl (C=O) groups is 2. The van der Waals surface area contributed by atoms with Crippen LogP contribution in [0.2, 0.25) is 0 Å². The number of phenolic OH excluding ortho intramolecular Hbond substituents is 1. The van der Waals surface area contributed by atoms with Gasteiger partial charge in [-0.05, 0) is 38.0 Å². The Morgan fingerprint density at radius 1 is 1.13 bits per heavy atom. The highest BCUT2D eigenvalue weighted by Crippen LogP contribution is 2.41. The van der Waals surface area contributed by atoms with E-state index in [1.165, 1.54) is 11.0 Å². The molecule has 1 aliphatic heterocycles. The standard InChI is InChI=1S/C24H27NO6/c1-4-31-19-14-17(10-11-18(19)26)21-20(22(27)16-8-6-15(2)7-9-16)23(28)24(29)25(21)12-5-13-30-3/h6-11,14,21,26-27H,4-5,12-13H2,1-3H3/b22-20+/t21-/m0/s1. The lowest BCUT2D eigenvalue weighted by Gasteiger charge is -2.25. The van der Waals surface area contributed by atoms with Crippen molar-refractivity contribution < 1.29 is 29.3 Å². The number of Topliss-reactive ketones (excluding diaryl/α,β-unsaturated/α-hetero) is 1. The van der Waals surface area contributed by atoms with Gasteiger partial charge in [-0.25, -0.2) is 0 Å². The van der Waals surface area contributed by atoms with Crippen molar-refractivity contribution in [1.82, 2.24) is 4.90 Å². The van der Waals surface area contributed by atoms with Gasteiger partial charge in [0.1, 0.15) is 5.76 Å². The largest absolute Gasteiger partial charge is 0.507 e. The van der Waals surface area contributed by atoms with Crippen LogP contribution in [0.5, 0.6) is 11.5 Å². The van der Waals surface area contributed by atoms with Gasteiger partial charge in [0, 0.05) is 25.8 Å². The van der Waals surface area contributed by atoms with E-state index in [-0.39, 0.29) is 29.4 Å². The molecule has 0 spiro atoms. The Morgan fingerprint density at radius 3 is 2.48 bits per heavy atom. The van der Waals surface area contributed by atoms with Crippen LogP contribution in [0.15, 0.2) is 48.0 Å². The SMILES string of the molecule is CCOc1cc([C@H]2/C(=C(\O)c3ccc(C)cc3)C(=O)C(=O)N2CCCOC)ccc1O. The lowest BCUT2D eigenvalue weighted by atomic mass is 9.94. The number of hydrogen-bond donors (Lipinski definition) is 2. The second-order valence-corrected chi connectivity index (χ2v) is 7.37. The van der Waals surface area contributed by atoms with Gasteiger partial charge in [0.25, 0.3) is 11.7 Å². The maximum absolute atomic E-state index is 13.0. The number of likely N-dealkylation sites (tertiary alicyclic amines) is 1. The van der Waals surface area contributed by atoms with E-state index < -0.39 is 17.7 Å². The summed E-state index contributed by atoms with van der Waals surface area (Å²) >= 11 is 0. The quantitative estimate of drug-likeness (QED) is 0.291. The van der Waals surface area contributed by atoms with Crippen molar-refractivity contribution >= 4 is 17.4 Å². The minimum absolute atomic E-state index is 0.0133. The van der Waals surface area contributed by atoms with Gasteiger partial charge in [0.05, 0.1) is 18.2 Å². The molecular weight excluding hydrogens is 398 g/mol. The van der Waals surface area contributed by atoms with E-state index >= 15 is 0 Å². The average molecular weight is 425 g/mol. The number of aliphatic hydroxyl groups is 1. The molecule has 1 heterocycles. The van der Waals surface area contributed by atoms with Gasteiger partial charge < -0.3 is 24.6 Å². The highest BCUT2D eigenvalue weighted by Gasteiger charge is 2.46. The van der Waals surface area contributed by atoms with Crippen LogP contribution in [-0.2, 0) is 14.3 Å². The minimum atomic E-state index is -0.807. The van der Waals surface area contributed by atoms with E-state index in [1.54, 1.807) is 38.3 Å². The summed E-state index contributed by atoms with van der Waals surface area (Å²) in [6.45, 7) is 4.76. The summed E-state index contributed by atoms with van der Waals surface area (Å²) < 4.78 is 10.6. The number of amides is 1. The Hall–Kier alpha value is -3.32. The topological polar surface area (TPSA) is 96.3 Å². The van der Waals surface area contributed by atoms with Gasteiger partial charge in [0.2, 0.25) is 0 Å². The van der Waals surface area contributed by atoms with Crippen molar-refractivity contribution in [3.8, 4) is 11.5 Å². The first-order chi connectivity index (χ1) is 14.9. The van der Waals surface area contributed by atoms with E-state index in [1.807, 2.05) is 19.1 Å². The molecule has 164 valence electrons. The summed E-state index contributed by atoms with van der Waals surface area (Å²) in [7, 11) is 1.57. The van der Waals surface area contributed by atoms with Gasteiger partial charge in [-0.3, -0.25) is 9.59 Å². The van der Waals surface area contributed by atoms with E-state index in [2.05, 4.69) is 0 Å². The molecule has 1 saturated heterocycles. The minimum Gasteiger partial charge on any atom is -0.507 e. The molecule has 0 unspecified atom stereocenters. The zero-order valence-corrected chi connectivity index (χ0v) is 17.9. The lowest BCUT2D eigenvalue weighted by Crippen LogP contribution is -2.31. The summed E-state index contributed by atoms with van der Waals surface area (Å²) in [5.41, 5.74) is 2.04. The fourth-order valence-corrected chi connectivity index (χ4v) is 3.68. The molecule has 7 heteroatoms. The Kier molecular flexibility index (Phi) is 6.97. The Balaban J connectivity index is 2.14. The molecule has 2 aromatic carbocycles. The molecule has 1 aliphatic rings. The van der Waals surface area contributed by atoms with Gasteiger partial charge in [-0.2, -0.15) is 0 Å². The van der Waals surface area contributed by atoms with Crippen LogP contribution in [0, 0.1) is 6.92 Å². The van der Waals surface area contributed by atoms with Gasteiger partial charge in [-0.15, -0.1) is 0 Å². The number of aromatic hydroxyl groups is 1. The van der Waals surface area contributed by atoms with Gasteiger partial charge in [0.15, 0.2) is 11.5 Å². The summed E-state index contributed by atoms with van der Waals surface area (Å²) in [5.74, 6) is -1.45. The Morgan fingerprint density at radius 2 is 1.84 bits per heavy atom. The van der Waals surface area contributed by atoms with Crippen molar-refractivity contribution in [3.05, 3.63) is 64.7 Å². The normalized spacial score (nSPS) is 17.9. The van der Waals surface area contributed by atoms with Crippen molar-refractivity contribution in [3.63, 3.8) is 0 Å². The maximum Gasteiger partial charge on any atom is 0.295 e. The predicted octanol–water partition coefficient (Wildman–Crippen LogP) is 3.56. The number of carbonyl (C=O) groups excluding carboxylic acids is 2. The highest BCUT2D eigenvalue weighted by molar-refractivity contribution is 6.46. The molecular formula is C24H27NO6. The van der Waals surface area contributed by atoms with E-state index in [4.69, 9.17) is 9.47 Å². The fraction of sp³-hybridized carbons (Fsp3) is 0.333. The van der Waals surface area contributed by atoms with E-state index in [0.29, 0.717) is 30.8 Å². The number of methoxy groups -OCH3 is 1. The molecule has 1 atom stereocenters. The monoisotopic (exact) mass is 425 g/mol. The Bertz CT molecular complexity index is 996. The maximum atomic E-state index is 13.0. The predicted molar refractivity (Wildman–Crippen MR) is 116 cm³/mol. The summed E-state index contributed by atoms with van der Waals surface area (Å²) in [4.78, 5) is 27.3. The number of benzene rings is 2. The summed E-state index contributed by atoms with van der Waals surface area (Å²) in [5, 5.41) is 21.1. The highest BCUT2D eigenvalue weighted by atomic mass is 16.5. The molecule has 1 amide bonds. The number of ketones is 1. The van der Waals surface area contributed by atoms with E-state index in [9.17, 15) is 19.8 Å². The third-order valence-electron chi connectivity index (χ3n) is 5.21. The molecule has 0 radical (unpaired) electrons. The summed E-state index contributed by atoms with van der Waals surface area (Å²) in [6.07, 6.45) is 0.529. The zero-order valence-electron chi connectivity index (χ0n) is 17.9. The van der Waals surface area contributed by atoms with Crippen LogP contribution in [0.25, 0.3) is 5.76 Å². The zero-order chi connectivity index (χ0) is 22.5. The number of aryl methyl sites for hydroxylation is 1. The number of phenols is 1. The van der Waals surface area contributed by atoms with Crippen LogP contribution in [-0.4, -0.2) is 53.7 Å². The summed E-state index contributed by atoms with van der Waals surface area (Å²) in [6, 6.07) is 10.9. The molecule has 7 nitrogen and oxygen atoms in total. The third-order valence-corrected chi connectivity index (χ3v) is 5.21. The van der Waals surface area contributed by atoms with Crippen molar-refractivity contribution in [2.75, 3.05) is 26.9 Å². The molecule has 2 aromatic rings. The average Bonchev–Trinajstić information content (AvgIpc) is 3.01. The Labute approximate surface area is 181 Å².